The maximum Gasteiger partial charge on any atom is 0.0557 e. The minimum absolute atomic E-state index is 0.931. The van der Waals surface area contributed by atoms with Crippen LogP contribution in [0, 0.1) is 13.8 Å². The monoisotopic (exact) mass is 138 g/mol. The second-order valence-electron chi connectivity index (χ2n) is 2.62. The Kier molecular flexibility index (Phi) is 1.70. The quantitative estimate of drug-likeness (QED) is 0.610. The zero-order valence-electron chi connectivity index (χ0n) is 6.78. The molecule has 2 nitrogen and oxygen atoms in total. The summed E-state index contributed by atoms with van der Waals surface area (Å²) in [5, 5.41) is 0. The average Bonchev–Trinajstić information content (AvgIpc) is 2.09. The van der Waals surface area contributed by atoms with Gasteiger partial charge in [0.05, 0.1) is 5.69 Å². The van der Waals surface area contributed by atoms with Crippen LogP contribution < -0.4 is 5.73 Å². The highest BCUT2D eigenvalue weighted by molar-refractivity contribution is 5.54. The number of nitrogen functional groups attached to an aromatic ring is 1. The molecule has 0 fully saturated rings. The van der Waals surface area contributed by atoms with Crippen LogP contribution in [0.4, 0.5) is 5.69 Å². The van der Waals surface area contributed by atoms with Crippen LogP contribution in [-0.2, 0) is 6.42 Å². The zero-order chi connectivity index (χ0) is 7.72. The molecule has 1 rings (SSSR count). The first-order valence-corrected chi connectivity index (χ1v) is 3.60. The van der Waals surface area contributed by atoms with E-state index in [1.807, 2.05) is 6.92 Å². The third kappa shape index (κ3) is 0.897. The third-order valence-electron chi connectivity index (χ3n) is 1.91. The second kappa shape index (κ2) is 2.37. The lowest BCUT2D eigenvalue weighted by Crippen LogP contribution is -1.90. The smallest absolute Gasteiger partial charge is 0.0557 e. The molecule has 0 aliphatic carbocycles. The zero-order valence-corrected chi connectivity index (χ0v) is 6.78. The van der Waals surface area contributed by atoms with E-state index in [0.717, 1.165) is 17.8 Å². The molecule has 0 aliphatic heterocycles. The molecule has 0 radical (unpaired) electrons. The molecular formula is C8H14N2. The van der Waals surface area contributed by atoms with Crippen molar-refractivity contribution in [3.8, 4) is 0 Å². The number of nitrogens with one attached hydrogen (secondary N) is 1. The first kappa shape index (κ1) is 7.19. The summed E-state index contributed by atoms with van der Waals surface area (Å²) in [6.07, 6.45) is 1.02. The molecule has 0 unspecified atom stereocenters. The van der Waals surface area contributed by atoms with Gasteiger partial charge in [0, 0.05) is 11.4 Å². The molecule has 0 saturated heterocycles. The van der Waals surface area contributed by atoms with E-state index in [0.29, 0.717) is 0 Å². The molecule has 0 atom stereocenters. The van der Waals surface area contributed by atoms with Crippen molar-refractivity contribution in [3.63, 3.8) is 0 Å². The van der Waals surface area contributed by atoms with Crippen molar-refractivity contribution >= 4 is 5.69 Å². The Bertz CT molecular complexity index is 236. The highest BCUT2D eigenvalue weighted by Gasteiger charge is 2.05. The van der Waals surface area contributed by atoms with Crippen molar-refractivity contribution in [1.82, 2.24) is 4.98 Å². The highest BCUT2D eigenvalue weighted by atomic mass is 14.8. The van der Waals surface area contributed by atoms with Crippen LogP contribution >= 0.6 is 0 Å². The molecule has 10 heavy (non-hydrogen) atoms. The van der Waals surface area contributed by atoms with Crippen molar-refractivity contribution in [2.45, 2.75) is 27.2 Å². The van der Waals surface area contributed by atoms with Crippen molar-refractivity contribution < 1.29 is 0 Å². The largest absolute Gasteiger partial charge is 0.397 e. The van der Waals surface area contributed by atoms with E-state index in [1.54, 1.807) is 0 Å². The summed E-state index contributed by atoms with van der Waals surface area (Å²) in [7, 11) is 0. The molecule has 1 aromatic rings. The Morgan fingerprint density at radius 3 is 2.10 bits per heavy atom. The van der Waals surface area contributed by atoms with Gasteiger partial charge in [-0.2, -0.15) is 0 Å². The van der Waals surface area contributed by atoms with Crippen molar-refractivity contribution in [2.75, 3.05) is 5.73 Å². The summed E-state index contributed by atoms with van der Waals surface area (Å²) < 4.78 is 0. The van der Waals surface area contributed by atoms with Crippen LogP contribution in [0.5, 0.6) is 0 Å². The normalized spacial score (nSPS) is 10.3. The van der Waals surface area contributed by atoms with Gasteiger partial charge in [0.2, 0.25) is 0 Å². The van der Waals surface area contributed by atoms with Crippen molar-refractivity contribution in [3.05, 3.63) is 17.0 Å². The first-order valence-electron chi connectivity index (χ1n) is 3.60. The van der Waals surface area contributed by atoms with Gasteiger partial charge in [0.1, 0.15) is 0 Å². The number of hydrogen-bond donors (Lipinski definition) is 2. The third-order valence-corrected chi connectivity index (χ3v) is 1.91. The fourth-order valence-corrected chi connectivity index (χ4v) is 1.31. The van der Waals surface area contributed by atoms with Gasteiger partial charge in [-0.15, -0.1) is 0 Å². The molecule has 1 heterocycles. The Morgan fingerprint density at radius 1 is 1.30 bits per heavy atom. The van der Waals surface area contributed by atoms with E-state index in [1.165, 1.54) is 11.3 Å². The summed E-state index contributed by atoms with van der Waals surface area (Å²) in [5.74, 6) is 0. The standard InChI is InChI=1S/C8H14N2/c1-4-7-5(2)10-6(3)8(7)9/h10H,4,9H2,1-3H3. The summed E-state index contributed by atoms with van der Waals surface area (Å²) in [5.41, 5.74) is 10.3. The molecule has 3 N–H and O–H groups in total. The molecule has 0 aromatic carbocycles. The molecule has 0 bridgehead atoms. The van der Waals surface area contributed by atoms with Crippen molar-refractivity contribution in [2.24, 2.45) is 0 Å². The topological polar surface area (TPSA) is 41.8 Å². The summed E-state index contributed by atoms with van der Waals surface area (Å²) in [6.45, 7) is 6.18. The van der Waals surface area contributed by atoms with Gasteiger partial charge in [-0.1, -0.05) is 6.92 Å². The van der Waals surface area contributed by atoms with E-state index in [-0.39, 0.29) is 0 Å². The van der Waals surface area contributed by atoms with Crippen LogP contribution in [0.25, 0.3) is 0 Å². The summed E-state index contributed by atoms with van der Waals surface area (Å²) in [4.78, 5) is 3.20. The first-order chi connectivity index (χ1) is 4.66. The molecule has 2 heteroatoms. The lowest BCUT2D eigenvalue weighted by atomic mass is 10.1. The minimum Gasteiger partial charge on any atom is -0.397 e. The van der Waals surface area contributed by atoms with E-state index in [4.69, 9.17) is 5.73 Å². The number of aryl methyl sites for hydroxylation is 2. The number of aromatic nitrogens is 1. The van der Waals surface area contributed by atoms with E-state index >= 15 is 0 Å². The lowest BCUT2D eigenvalue weighted by Gasteiger charge is -1.94. The molecule has 0 saturated carbocycles. The van der Waals surface area contributed by atoms with Crippen LogP contribution in [0.2, 0.25) is 0 Å². The predicted octanol–water partition coefficient (Wildman–Crippen LogP) is 1.78. The summed E-state index contributed by atoms with van der Waals surface area (Å²) >= 11 is 0. The van der Waals surface area contributed by atoms with Gasteiger partial charge in [-0.05, 0) is 25.8 Å². The summed E-state index contributed by atoms with van der Waals surface area (Å²) in [6, 6.07) is 0. The number of rotatable bonds is 1. The molecule has 0 spiro atoms. The van der Waals surface area contributed by atoms with Crippen LogP contribution in [0.15, 0.2) is 0 Å². The predicted molar refractivity (Wildman–Crippen MR) is 44.1 cm³/mol. The molecular weight excluding hydrogens is 124 g/mol. The fraction of sp³-hybridized carbons (Fsp3) is 0.500. The van der Waals surface area contributed by atoms with Crippen LogP contribution in [0.3, 0.4) is 0 Å². The molecule has 0 amide bonds. The Morgan fingerprint density at radius 2 is 1.90 bits per heavy atom. The van der Waals surface area contributed by atoms with E-state index < -0.39 is 0 Å². The Labute approximate surface area is 61.4 Å². The number of hydrogen-bond acceptors (Lipinski definition) is 1. The van der Waals surface area contributed by atoms with Crippen molar-refractivity contribution in [1.29, 1.82) is 0 Å². The maximum absolute atomic E-state index is 5.78. The van der Waals surface area contributed by atoms with Gasteiger partial charge < -0.3 is 10.7 Å². The van der Waals surface area contributed by atoms with Crippen LogP contribution in [0.1, 0.15) is 23.9 Å². The van der Waals surface area contributed by atoms with Gasteiger partial charge >= 0.3 is 0 Å². The highest BCUT2D eigenvalue weighted by Crippen LogP contribution is 2.20. The molecule has 56 valence electrons. The number of aromatic amines is 1. The SMILES string of the molecule is CCc1c(C)[nH]c(C)c1N. The van der Waals surface area contributed by atoms with E-state index in [9.17, 15) is 0 Å². The lowest BCUT2D eigenvalue weighted by molar-refractivity contribution is 1.09. The van der Waals surface area contributed by atoms with Gasteiger partial charge in [-0.3, -0.25) is 0 Å². The van der Waals surface area contributed by atoms with E-state index in [2.05, 4.69) is 18.8 Å². The van der Waals surface area contributed by atoms with Gasteiger partial charge in [0.25, 0.3) is 0 Å². The van der Waals surface area contributed by atoms with Crippen LogP contribution in [-0.4, -0.2) is 4.98 Å². The number of anilines is 1. The molecule has 1 aromatic heterocycles. The average molecular weight is 138 g/mol. The minimum atomic E-state index is 0.931. The number of H-pyrrole nitrogens is 1. The van der Waals surface area contributed by atoms with Gasteiger partial charge in [0.15, 0.2) is 0 Å². The Balaban J connectivity index is 3.20. The fourth-order valence-electron chi connectivity index (χ4n) is 1.31. The maximum atomic E-state index is 5.78. The Hall–Kier alpha value is -0.920. The number of nitrogens with two attached hydrogens (primary N) is 1. The van der Waals surface area contributed by atoms with Gasteiger partial charge in [-0.25, -0.2) is 0 Å². The second-order valence-corrected chi connectivity index (χ2v) is 2.62. The molecule has 0 aliphatic rings.